The largest absolute Gasteiger partial charge is 0.472 e. The maximum absolute atomic E-state index is 13.0. The van der Waals surface area contributed by atoms with Gasteiger partial charge in [0.05, 0.1) is 39.9 Å². The van der Waals surface area contributed by atoms with Crippen molar-refractivity contribution in [2.45, 2.75) is 341 Å². The molecule has 0 bridgehead atoms. The summed E-state index contributed by atoms with van der Waals surface area (Å²) in [5.41, 5.74) is 0. The van der Waals surface area contributed by atoms with E-state index in [1.54, 1.807) is 6.08 Å². The molecule has 3 unspecified atom stereocenters. The lowest BCUT2D eigenvalue weighted by atomic mass is 10.0. The Hall–Kier alpha value is -1.28. The summed E-state index contributed by atoms with van der Waals surface area (Å²) in [6.45, 7) is 4.84. The van der Waals surface area contributed by atoms with E-state index in [0.717, 1.165) is 38.5 Å². The van der Waals surface area contributed by atoms with Crippen molar-refractivity contribution in [3.63, 3.8) is 0 Å². The molecule has 0 saturated carbocycles. The fourth-order valence-electron chi connectivity index (χ4n) is 9.94. The number of aliphatic hydroxyl groups is 1. The van der Waals surface area contributed by atoms with Crippen molar-refractivity contribution in [1.29, 1.82) is 0 Å². The quantitative estimate of drug-likeness (QED) is 0.0243. The van der Waals surface area contributed by atoms with Crippen molar-refractivity contribution in [2.24, 2.45) is 0 Å². The summed E-state index contributed by atoms with van der Waals surface area (Å²) < 4.78 is 23.7. The van der Waals surface area contributed by atoms with Gasteiger partial charge in [-0.1, -0.05) is 301 Å². The molecule has 1 amide bonds. The van der Waals surface area contributed by atoms with Crippen molar-refractivity contribution in [1.82, 2.24) is 5.32 Å². The van der Waals surface area contributed by atoms with E-state index >= 15 is 0 Å². The van der Waals surface area contributed by atoms with E-state index < -0.39 is 20.0 Å². The summed E-state index contributed by atoms with van der Waals surface area (Å²) in [6.07, 6.45) is 75.8. The number of nitrogens with zero attached hydrogens (tertiary/aromatic N) is 1. The minimum atomic E-state index is -4.36. The molecule has 0 rings (SSSR count). The number of nitrogens with one attached hydrogen (secondary N) is 1. The van der Waals surface area contributed by atoms with Crippen molar-refractivity contribution >= 4 is 13.7 Å². The monoisotopic (exact) mass is 1080 g/mol. The van der Waals surface area contributed by atoms with Crippen LogP contribution in [0.4, 0.5) is 0 Å². The summed E-state index contributed by atoms with van der Waals surface area (Å²) in [7, 11) is 1.57. The number of rotatable bonds is 61. The lowest BCUT2D eigenvalue weighted by Crippen LogP contribution is -2.45. The zero-order valence-corrected chi connectivity index (χ0v) is 51.7. The number of phosphoric ester groups is 1. The smallest absolute Gasteiger partial charge is 0.387 e. The first-order valence-electron chi connectivity index (χ1n) is 32.9. The second-order valence-corrected chi connectivity index (χ2v) is 25.3. The van der Waals surface area contributed by atoms with Gasteiger partial charge in [-0.15, -0.1) is 0 Å². The van der Waals surface area contributed by atoms with Crippen molar-refractivity contribution < 1.29 is 32.9 Å². The van der Waals surface area contributed by atoms with Gasteiger partial charge < -0.3 is 19.8 Å². The summed E-state index contributed by atoms with van der Waals surface area (Å²) in [5, 5.41) is 13.9. The Morgan fingerprint density at radius 3 is 1.07 bits per heavy atom. The Bertz CT molecular complexity index is 1320. The number of likely N-dealkylation sites (N-methyl/N-ethyl adjacent to an activating group) is 1. The third-order valence-electron chi connectivity index (χ3n) is 15.1. The molecule has 9 heteroatoms. The fourth-order valence-corrected chi connectivity index (χ4v) is 10.7. The van der Waals surface area contributed by atoms with Crippen molar-refractivity contribution in [3.8, 4) is 0 Å². The molecule has 0 aromatic rings. The number of carbonyl (C=O) groups is 1. The molecule has 0 aliphatic rings. The van der Waals surface area contributed by atoms with Gasteiger partial charge >= 0.3 is 7.82 Å². The number of amides is 1. The Balaban J connectivity index is 4.00. The van der Waals surface area contributed by atoms with Gasteiger partial charge in [-0.3, -0.25) is 13.8 Å². The number of allylic oxidation sites excluding steroid dienone is 5. The third kappa shape index (κ3) is 60.2. The first kappa shape index (κ1) is 73.7. The van der Waals surface area contributed by atoms with Gasteiger partial charge in [-0.25, -0.2) is 4.57 Å². The molecule has 0 spiro atoms. The van der Waals surface area contributed by atoms with E-state index in [-0.39, 0.29) is 19.1 Å². The molecule has 0 saturated heterocycles. The molecular formula is C66H130N2O6P+. The first-order chi connectivity index (χ1) is 36.5. The maximum atomic E-state index is 13.0. The normalized spacial score (nSPS) is 14.0. The predicted molar refractivity (Wildman–Crippen MR) is 328 cm³/mol. The van der Waals surface area contributed by atoms with Crippen LogP contribution in [0.5, 0.6) is 0 Å². The Kier molecular flexibility index (Phi) is 56.4. The number of unbranched alkanes of at least 4 members (excludes halogenated alkanes) is 44. The van der Waals surface area contributed by atoms with Crippen LogP contribution in [0.15, 0.2) is 36.5 Å². The van der Waals surface area contributed by atoms with Gasteiger partial charge in [-0.05, 0) is 57.8 Å². The highest BCUT2D eigenvalue weighted by molar-refractivity contribution is 7.47. The summed E-state index contributed by atoms with van der Waals surface area (Å²) in [4.78, 5) is 23.3. The lowest BCUT2D eigenvalue weighted by molar-refractivity contribution is -0.870. The highest BCUT2D eigenvalue weighted by Gasteiger charge is 2.28. The van der Waals surface area contributed by atoms with Gasteiger partial charge in [0.1, 0.15) is 13.2 Å². The molecule has 0 fully saturated rings. The summed E-state index contributed by atoms with van der Waals surface area (Å²) in [6, 6.07) is -0.862. The van der Waals surface area contributed by atoms with Gasteiger partial charge in [0, 0.05) is 6.42 Å². The van der Waals surface area contributed by atoms with Crippen LogP contribution in [0, 0.1) is 0 Å². The second-order valence-electron chi connectivity index (χ2n) is 23.8. The van der Waals surface area contributed by atoms with Gasteiger partial charge in [-0.2, -0.15) is 0 Å². The zero-order valence-electron chi connectivity index (χ0n) is 50.8. The topological polar surface area (TPSA) is 105 Å². The summed E-state index contributed by atoms with van der Waals surface area (Å²) in [5.74, 6) is -0.180. The highest BCUT2D eigenvalue weighted by Crippen LogP contribution is 2.43. The van der Waals surface area contributed by atoms with Crippen molar-refractivity contribution in [2.75, 3.05) is 40.9 Å². The molecule has 444 valence electrons. The van der Waals surface area contributed by atoms with Crippen LogP contribution < -0.4 is 5.32 Å². The molecule has 0 aliphatic carbocycles. The predicted octanol–water partition coefficient (Wildman–Crippen LogP) is 20.5. The van der Waals surface area contributed by atoms with Crippen LogP contribution in [0.3, 0.4) is 0 Å². The van der Waals surface area contributed by atoms with Crippen LogP contribution >= 0.6 is 7.82 Å². The number of carbonyl (C=O) groups excluding carboxylic acids is 1. The molecule has 3 atom stereocenters. The van der Waals surface area contributed by atoms with Crippen molar-refractivity contribution in [3.05, 3.63) is 36.5 Å². The van der Waals surface area contributed by atoms with Crippen LogP contribution in [0.2, 0.25) is 0 Å². The SMILES string of the molecule is CCCCCCCCCC/C=C\CCCCCCCCCCCCCCCCCCCCCCCCCC(=O)NC(COP(=O)(O)OCC[N+](C)(C)C)C(O)/C=C/CC/C=C/CCCCCCCCCCCCCC. The van der Waals surface area contributed by atoms with E-state index in [1.807, 2.05) is 27.2 Å². The molecule has 0 aromatic heterocycles. The Morgan fingerprint density at radius 2 is 0.733 bits per heavy atom. The Morgan fingerprint density at radius 1 is 0.440 bits per heavy atom. The Labute approximate surface area is 467 Å². The van der Waals surface area contributed by atoms with Gasteiger partial charge in [0.25, 0.3) is 0 Å². The maximum Gasteiger partial charge on any atom is 0.472 e. The first-order valence-corrected chi connectivity index (χ1v) is 34.4. The number of hydrogen-bond donors (Lipinski definition) is 3. The van der Waals surface area contributed by atoms with Crippen LogP contribution in [0.25, 0.3) is 0 Å². The molecule has 8 nitrogen and oxygen atoms in total. The van der Waals surface area contributed by atoms with E-state index in [9.17, 15) is 19.4 Å². The molecule has 0 radical (unpaired) electrons. The average molecular weight is 1080 g/mol. The highest BCUT2D eigenvalue weighted by atomic mass is 31.2. The molecule has 0 heterocycles. The summed E-state index contributed by atoms with van der Waals surface area (Å²) >= 11 is 0. The molecule has 75 heavy (non-hydrogen) atoms. The third-order valence-corrected chi connectivity index (χ3v) is 16.1. The molecular weight excluding hydrogens is 948 g/mol. The number of quaternary nitrogens is 1. The van der Waals surface area contributed by atoms with E-state index in [0.29, 0.717) is 17.4 Å². The van der Waals surface area contributed by atoms with Gasteiger partial charge in [0.2, 0.25) is 5.91 Å². The molecule has 0 aromatic carbocycles. The van der Waals surface area contributed by atoms with E-state index in [1.165, 1.54) is 270 Å². The minimum absolute atomic E-state index is 0.0580. The van der Waals surface area contributed by atoms with Gasteiger partial charge in [0.15, 0.2) is 0 Å². The fraction of sp³-hybridized carbons (Fsp3) is 0.894. The van der Waals surface area contributed by atoms with Crippen LogP contribution in [-0.4, -0.2) is 73.4 Å². The van der Waals surface area contributed by atoms with E-state index in [4.69, 9.17) is 9.05 Å². The zero-order chi connectivity index (χ0) is 54.9. The molecule has 3 N–H and O–H groups in total. The lowest BCUT2D eigenvalue weighted by Gasteiger charge is -2.25. The van der Waals surface area contributed by atoms with Crippen LogP contribution in [-0.2, 0) is 18.4 Å². The molecule has 0 aliphatic heterocycles. The van der Waals surface area contributed by atoms with E-state index in [2.05, 4.69) is 43.5 Å². The van der Waals surface area contributed by atoms with Crippen LogP contribution in [0.1, 0.15) is 328 Å². The minimum Gasteiger partial charge on any atom is -0.387 e. The number of phosphoric acid groups is 1. The average Bonchev–Trinajstić information content (AvgIpc) is 3.37. The number of hydrogen-bond acceptors (Lipinski definition) is 5. The second kappa shape index (κ2) is 57.4. The number of aliphatic hydroxyl groups excluding tert-OH is 1. The standard InChI is InChI=1S/C66H129N2O6P/c1-6-8-10-12-14-16-18-20-22-24-26-27-28-29-30-31-32-33-34-35-36-37-38-39-40-41-42-44-46-48-50-52-54-56-58-60-66(70)67-64(63-74-75(71,72)73-62-61-68(3,4)5)65(69)59-57-55-53-51-49-47-45-43-25-23-21-19-17-15-13-11-9-7-2/h24,26,49,51,57,59,64-65,69H,6-23,25,27-48,50,52-56,58,60-63H2,1-5H3,(H-,67,70,71,72)/p+1/b26-24-,51-49+,59-57+.